The highest BCUT2D eigenvalue weighted by molar-refractivity contribution is 7.99. The van der Waals surface area contributed by atoms with E-state index in [1.807, 2.05) is 11.8 Å². The molecule has 1 aliphatic carbocycles. The van der Waals surface area contributed by atoms with Crippen molar-refractivity contribution in [3.63, 3.8) is 0 Å². The zero-order chi connectivity index (χ0) is 13.7. The van der Waals surface area contributed by atoms with Gasteiger partial charge < -0.3 is 15.3 Å². The molecule has 0 aromatic rings. The van der Waals surface area contributed by atoms with Crippen molar-refractivity contribution in [3.05, 3.63) is 0 Å². The van der Waals surface area contributed by atoms with Gasteiger partial charge in [-0.05, 0) is 31.4 Å². The maximum Gasteiger partial charge on any atom is 0.323 e. The van der Waals surface area contributed by atoms with E-state index in [0.717, 1.165) is 50.0 Å². The van der Waals surface area contributed by atoms with Crippen LogP contribution in [0.25, 0.3) is 0 Å². The van der Waals surface area contributed by atoms with E-state index < -0.39 is 5.97 Å². The summed E-state index contributed by atoms with van der Waals surface area (Å²) in [7, 11) is 0. The molecule has 2 N–H and O–H groups in total. The summed E-state index contributed by atoms with van der Waals surface area (Å²) in [4.78, 5) is 24.7. The number of thioether (sulfide) groups is 1. The summed E-state index contributed by atoms with van der Waals surface area (Å²) in [6.45, 7) is -0.184. The fraction of sp³-hybridized carbons (Fsp3) is 0.846. The van der Waals surface area contributed by atoms with Crippen molar-refractivity contribution < 1.29 is 14.7 Å². The van der Waals surface area contributed by atoms with Crippen LogP contribution in [-0.2, 0) is 4.79 Å². The summed E-state index contributed by atoms with van der Waals surface area (Å²) in [5.41, 5.74) is 0. The molecule has 0 aromatic heterocycles. The highest BCUT2D eigenvalue weighted by Crippen LogP contribution is 2.24. The van der Waals surface area contributed by atoms with Gasteiger partial charge in [0.05, 0.1) is 0 Å². The van der Waals surface area contributed by atoms with E-state index >= 15 is 0 Å². The van der Waals surface area contributed by atoms with Gasteiger partial charge in [0.2, 0.25) is 0 Å². The molecule has 0 radical (unpaired) electrons. The fourth-order valence-corrected chi connectivity index (χ4v) is 3.91. The Labute approximate surface area is 118 Å². The van der Waals surface area contributed by atoms with Crippen molar-refractivity contribution in [1.29, 1.82) is 0 Å². The van der Waals surface area contributed by atoms with Crippen LogP contribution in [0.3, 0.4) is 0 Å². The molecule has 1 saturated heterocycles. The molecule has 1 atom stereocenters. The Morgan fingerprint density at radius 3 is 2.53 bits per heavy atom. The lowest BCUT2D eigenvalue weighted by Crippen LogP contribution is -2.51. The van der Waals surface area contributed by atoms with Crippen molar-refractivity contribution in [2.45, 2.75) is 50.6 Å². The third-order valence-electron chi connectivity index (χ3n) is 3.82. The molecule has 2 amide bonds. The maximum absolute atomic E-state index is 12.3. The lowest BCUT2D eigenvalue weighted by molar-refractivity contribution is -0.138. The Bertz CT molecular complexity index is 326. The molecule has 2 rings (SSSR count). The van der Waals surface area contributed by atoms with Crippen LogP contribution in [0.2, 0.25) is 0 Å². The molecule has 5 nitrogen and oxygen atoms in total. The van der Waals surface area contributed by atoms with Gasteiger partial charge in [-0.1, -0.05) is 12.8 Å². The van der Waals surface area contributed by atoms with Crippen molar-refractivity contribution in [2.24, 2.45) is 0 Å². The molecule has 108 valence electrons. The molecule has 0 bridgehead atoms. The summed E-state index contributed by atoms with van der Waals surface area (Å²) >= 11 is 1.85. The lowest BCUT2D eigenvalue weighted by Gasteiger charge is -2.31. The van der Waals surface area contributed by atoms with Crippen molar-refractivity contribution in [1.82, 2.24) is 10.2 Å². The summed E-state index contributed by atoms with van der Waals surface area (Å²) in [6.07, 6.45) is 6.17. The predicted octanol–water partition coefficient (Wildman–Crippen LogP) is 1.92. The van der Waals surface area contributed by atoms with E-state index in [-0.39, 0.29) is 24.7 Å². The highest BCUT2D eigenvalue weighted by atomic mass is 32.2. The Hall–Kier alpha value is -0.910. The minimum atomic E-state index is -0.930. The first-order valence-corrected chi connectivity index (χ1v) is 8.19. The number of carboxylic acid groups (broad SMARTS) is 1. The van der Waals surface area contributed by atoms with E-state index in [0.29, 0.717) is 0 Å². The van der Waals surface area contributed by atoms with Gasteiger partial charge in [0.15, 0.2) is 0 Å². The topological polar surface area (TPSA) is 69.6 Å². The second-order valence-corrected chi connectivity index (χ2v) is 6.47. The maximum atomic E-state index is 12.3. The molecule has 0 aromatic carbocycles. The van der Waals surface area contributed by atoms with Gasteiger partial charge in [0, 0.05) is 17.8 Å². The van der Waals surface area contributed by atoms with Gasteiger partial charge in [0.1, 0.15) is 6.54 Å². The minimum Gasteiger partial charge on any atom is -0.480 e. The number of aliphatic carboxylic acids is 1. The summed E-state index contributed by atoms with van der Waals surface area (Å²) in [5.74, 6) is 1.17. The highest BCUT2D eigenvalue weighted by Gasteiger charge is 2.29. The normalized spacial score (nSPS) is 24.1. The molecule has 6 heteroatoms. The average Bonchev–Trinajstić information content (AvgIpc) is 2.90. The van der Waals surface area contributed by atoms with Crippen LogP contribution < -0.4 is 5.32 Å². The zero-order valence-corrected chi connectivity index (χ0v) is 12.0. The number of carboxylic acids is 1. The van der Waals surface area contributed by atoms with Crippen molar-refractivity contribution in [2.75, 3.05) is 18.1 Å². The van der Waals surface area contributed by atoms with Crippen LogP contribution in [0.15, 0.2) is 0 Å². The Kier molecular flexibility index (Phi) is 5.36. The number of nitrogens with one attached hydrogen (secondary N) is 1. The molecular weight excluding hydrogens is 264 g/mol. The average molecular weight is 286 g/mol. The first-order chi connectivity index (χ1) is 9.16. The number of carbonyl (C=O) groups is 2. The molecule has 2 aliphatic rings. The van der Waals surface area contributed by atoms with Gasteiger partial charge in [0.25, 0.3) is 0 Å². The summed E-state index contributed by atoms with van der Waals surface area (Å²) in [5, 5.41) is 12.0. The second kappa shape index (κ2) is 7.03. The number of nitrogens with zero attached hydrogens (tertiary/aromatic N) is 1. The van der Waals surface area contributed by atoms with E-state index in [1.54, 1.807) is 0 Å². The minimum absolute atomic E-state index is 0.104. The lowest BCUT2D eigenvalue weighted by atomic mass is 10.2. The monoisotopic (exact) mass is 286 g/mol. The van der Waals surface area contributed by atoms with Crippen LogP contribution in [0, 0.1) is 0 Å². The molecule has 19 heavy (non-hydrogen) atoms. The molecular formula is C13H22N2O3S. The van der Waals surface area contributed by atoms with Crippen LogP contribution >= 0.6 is 11.8 Å². The fourth-order valence-electron chi connectivity index (χ4n) is 2.84. The van der Waals surface area contributed by atoms with E-state index in [4.69, 9.17) is 5.11 Å². The van der Waals surface area contributed by atoms with Crippen LogP contribution in [-0.4, -0.2) is 52.1 Å². The van der Waals surface area contributed by atoms with Gasteiger partial charge in [-0.3, -0.25) is 4.79 Å². The molecule has 0 spiro atoms. The number of carbonyl (C=O) groups excluding carboxylic acids is 1. The van der Waals surface area contributed by atoms with E-state index in [9.17, 15) is 9.59 Å². The van der Waals surface area contributed by atoms with Crippen molar-refractivity contribution >= 4 is 23.8 Å². The first-order valence-electron chi connectivity index (χ1n) is 7.03. The third-order valence-corrected chi connectivity index (χ3v) is 5.04. The van der Waals surface area contributed by atoms with Gasteiger partial charge in [-0.25, -0.2) is 4.79 Å². The number of hydrogen-bond donors (Lipinski definition) is 2. The standard InChI is InChI=1S/C13H22N2O3S/c16-12(17)8-15(11-5-1-2-6-11)13(18)14-10-4-3-7-19-9-10/h10-11H,1-9H2,(H,14,18)(H,16,17). The Balaban J connectivity index is 1.91. The smallest absolute Gasteiger partial charge is 0.323 e. The predicted molar refractivity (Wildman–Crippen MR) is 75.5 cm³/mol. The molecule has 1 saturated carbocycles. The quantitative estimate of drug-likeness (QED) is 0.828. The second-order valence-electron chi connectivity index (χ2n) is 5.32. The number of hydrogen-bond acceptors (Lipinski definition) is 3. The third kappa shape index (κ3) is 4.30. The number of rotatable bonds is 4. The summed E-state index contributed by atoms with van der Waals surface area (Å²) in [6, 6.07) is 0.109. The van der Waals surface area contributed by atoms with Crippen LogP contribution in [0.4, 0.5) is 4.79 Å². The Morgan fingerprint density at radius 1 is 1.21 bits per heavy atom. The van der Waals surface area contributed by atoms with E-state index in [1.165, 1.54) is 4.90 Å². The number of amides is 2. The van der Waals surface area contributed by atoms with Gasteiger partial charge in [-0.2, -0.15) is 11.8 Å². The summed E-state index contributed by atoms with van der Waals surface area (Å²) < 4.78 is 0. The van der Waals surface area contributed by atoms with Crippen LogP contribution in [0.5, 0.6) is 0 Å². The largest absolute Gasteiger partial charge is 0.480 e. The van der Waals surface area contributed by atoms with Crippen molar-refractivity contribution in [3.8, 4) is 0 Å². The van der Waals surface area contributed by atoms with Gasteiger partial charge >= 0.3 is 12.0 Å². The zero-order valence-electron chi connectivity index (χ0n) is 11.1. The van der Waals surface area contributed by atoms with Gasteiger partial charge in [-0.15, -0.1) is 0 Å². The SMILES string of the molecule is O=C(O)CN(C(=O)NC1CCCSC1)C1CCCC1. The number of urea groups is 1. The first kappa shape index (κ1) is 14.5. The molecule has 1 aliphatic heterocycles. The molecule has 2 fully saturated rings. The van der Waals surface area contributed by atoms with Crippen LogP contribution in [0.1, 0.15) is 38.5 Å². The molecule has 1 heterocycles. The Morgan fingerprint density at radius 2 is 1.95 bits per heavy atom. The van der Waals surface area contributed by atoms with E-state index in [2.05, 4.69) is 5.32 Å². The molecule has 1 unspecified atom stereocenters.